The molecular weight excluding hydrogens is 420 g/mol. The average molecular weight is 441 g/mol. The highest BCUT2D eigenvalue weighted by Crippen LogP contribution is 2.23. The van der Waals surface area contributed by atoms with Gasteiger partial charge in [0, 0.05) is 30.2 Å². The summed E-state index contributed by atoms with van der Waals surface area (Å²) < 4.78 is 40.8. The maximum atomic E-state index is 12.9. The minimum absolute atomic E-state index is 0.0168. The van der Waals surface area contributed by atoms with Gasteiger partial charge in [-0.2, -0.15) is 4.31 Å². The van der Waals surface area contributed by atoms with Gasteiger partial charge in [-0.05, 0) is 31.5 Å². The van der Waals surface area contributed by atoms with E-state index in [-0.39, 0.29) is 40.9 Å². The van der Waals surface area contributed by atoms with Gasteiger partial charge in [0.1, 0.15) is 0 Å². The summed E-state index contributed by atoms with van der Waals surface area (Å²) in [4.78, 5) is 24.7. The van der Waals surface area contributed by atoms with Gasteiger partial charge in [-0.25, -0.2) is 13.2 Å². The van der Waals surface area contributed by atoms with Gasteiger partial charge in [-0.1, -0.05) is 10.6 Å². The molecule has 0 saturated carbocycles. The minimum atomic E-state index is -3.75. The Labute approximate surface area is 172 Å². The number of benzene rings is 1. The molecule has 1 saturated heterocycles. The Bertz CT molecular complexity index is 1010. The molecule has 1 amide bonds. The molecule has 29 heavy (non-hydrogen) atoms. The van der Waals surface area contributed by atoms with Crippen molar-refractivity contribution in [3.8, 4) is 0 Å². The third-order valence-electron chi connectivity index (χ3n) is 4.25. The summed E-state index contributed by atoms with van der Waals surface area (Å²) in [5, 5.41) is 6.39. The smallest absolute Gasteiger partial charge is 0.362 e. The molecule has 2 heterocycles. The third-order valence-corrected chi connectivity index (χ3v) is 6.78. The first-order chi connectivity index (χ1) is 13.8. The lowest BCUT2D eigenvalue weighted by Gasteiger charge is -2.26. The molecule has 0 atom stereocenters. The van der Waals surface area contributed by atoms with E-state index in [4.69, 9.17) is 9.47 Å². The number of amides is 1. The Hall–Kier alpha value is -2.41. The highest BCUT2D eigenvalue weighted by molar-refractivity contribution is 7.89. The van der Waals surface area contributed by atoms with Crippen LogP contribution in [0.5, 0.6) is 0 Å². The van der Waals surface area contributed by atoms with Crippen LogP contribution in [-0.2, 0) is 19.5 Å². The number of esters is 1. The zero-order chi connectivity index (χ0) is 21.0. The topological polar surface area (TPSA) is 128 Å². The SMILES string of the molecule is CCOC(=O)c1nnsc1NC(=O)c1cc(S(=O)(=O)N2CCOCC2)ccc1C. The Balaban J connectivity index is 1.86. The molecule has 1 aromatic heterocycles. The molecule has 0 bridgehead atoms. The molecule has 1 aliphatic rings. The van der Waals surface area contributed by atoms with E-state index in [1.54, 1.807) is 19.9 Å². The molecule has 1 N–H and O–H groups in total. The Morgan fingerprint density at radius 3 is 2.72 bits per heavy atom. The Kier molecular flexibility index (Phi) is 6.57. The Morgan fingerprint density at radius 2 is 2.03 bits per heavy atom. The summed E-state index contributed by atoms with van der Waals surface area (Å²) in [6.07, 6.45) is 0. The molecule has 0 spiro atoms. The predicted molar refractivity (Wildman–Crippen MR) is 105 cm³/mol. The maximum Gasteiger partial charge on any atom is 0.362 e. The Morgan fingerprint density at radius 1 is 1.31 bits per heavy atom. The molecule has 156 valence electrons. The lowest BCUT2D eigenvalue weighted by molar-refractivity contribution is 0.0520. The lowest BCUT2D eigenvalue weighted by Crippen LogP contribution is -2.40. The second kappa shape index (κ2) is 8.95. The van der Waals surface area contributed by atoms with Gasteiger partial charge in [-0.15, -0.1) is 5.10 Å². The van der Waals surface area contributed by atoms with E-state index in [0.29, 0.717) is 18.8 Å². The number of hydrogen-bond acceptors (Lipinski definition) is 9. The highest BCUT2D eigenvalue weighted by atomic mass is 32.2. The van der Waals surface area contributed by atoms with E-state index < -0.39 is 21.9 Å². The summed E-state index contributed by atoms with van der Waals surface area (Å²) >= 11 is 0.831. The number of anilines is 1. The van der Waals surface area contributed by atoms with Crippen LogP contribution in [0.15, 0.2) is 23.1 Å². The molecule has 1 fully saturated rings. The number of sulfonamides is 1. The number of nitrogens with one attached hydrogen (secondary N) is 1. The first-order valence-corrected chi connectivity index (χ1v) is 11.0. The van der Waals surface area contributed by atoms with Gasteiger partial charge in [0.25, 0.3) is 5.91 Å². The fourth-order valence-electron chi connectivity index (χ4n) is 2.72. The van der Waals surface area contributed by atoms with Crippen molar-refractivity contribution in [2.75, 3.05) is 38.2 Å². The van der Waals surface area contributed by atoms with Crippen LogP contribution in [0.3, 0.4) is 0 Å². The molecule has 12 heteroatoms. The van der Waals surface area contributed by atoms with Crippen molar-refractivity contribution >= 4 is 38.4 Å². The van der Waals surface area contributed by atoms with Crippen LogP contribution in [-0.4, -0.2) is 67.1 Å². The molecule has 2 aromatic rings. The number of ether oxygens (including phenoxy) is 2. The number of rotatable bonds is 6. The van der Waals surface area contributed by atoms with E-state index >= 15 is 0 Å². The minimum Gasteiger partial charge on any atom is -0.461 e. The maximum absolute atomic E-state index is 12.9. The molecule has 3 rings (SSSR count). The fraction of sp³-hybridized carbons (Fsp3) is 0.412. The second-order valence-electron chi connectivity index (χ2n) is 6.12. The summed E-state index contributed by atoms with van der Waals surface area (Å²) in [7, 11) is -3.75. The van der Waals surface area contributed by atoms with Crippen molar-refractivity contribution in [2.45, 2.75) is 18.7 Å². The zero-order valence-electron chi connectivity index (χ0n) is 15.9. The third kappa shape index (κ3) is 4.61. The van der Waals surface area contributed by atoms with E-state index in [0.717, 1.165) is 11.5 Å². The summed E-state index contributed by atoms with van der Waals surface area (Å²) in [5.74, 6) is -1.27. The van der Waals surface area contributed by atoms with E-state index in [9.17, 15) is 18.0 Å². The van der Waals surface area contributed by atoms with Gasteiger partial charge in [-0.3, -0.25) is 4.79 Å². The molecule has 1 aliphatic heterocycles. The average Bonchev–Trinajstić information content (AvgIpc) is 3.17. The van der Waals surface area contributed by atoms with Crippen LogP contribution in [0, 0.1) is 6.92 Å². The van der Waals surface area contributed by atoms with E-state index in [1.165, 1.54) is 16.4 Å². The van der Waals surface area contributed by atoms with Crippen molar-refractivity contribution in [1.82, 2.24) is 13.9 Å². The highest BCUT2D eigenvalue weighted by Gasteiger charge is 2.28. The number of hydrogen-bond donors (Lipinski definition) is 1. The normalized spacial score (nSPS) is 15.1. The van der Waals surface area contributed by atoms with Crippen LogP contribution in [0.2, 0.25) is 0 Å². The monoisotopic (exact) mass is 440 g/mol. The van der Waals surface area contributed by atoms with Gasteiger partial charge >= 0.3 is 5.97 Å². The second-order valence-corrected chi connectivity index (χ2v) is 8.81. The van der Waals surface area contributed by atoms with Crippen molar-refractivity contribution in [3.63, 3.8) is 0 Å². The number of aromatic nitrogens is 2. The van der Waals surface area contributed by atoms with Gasteiger partial charge in [0.15, 0.2) is 5.00 Å². The molecule has 10 nitrogen and oxygen atoms in total. The van der Waals surface area contributed by atoms with E-state index in [2.05, 4.69) is 14.9 Å². The molecule has 0 unspecified atom stereocenters. The molecule has 0 aliphatic carbocycles. The predicted octanol–water partition coefficient (Wildman–Crippen LogP) is 1.30. The summed E-state index contributed by atoms with van der Waals surface area (Å²) in [6.45, 7) is 4.67. The van der Waals surface area contributed by atoms with Gasteiger partial charge in [0.05, 0.1) is 24.7 Å². The quantitative estimate of drug-likeness (QED) is 0.666. The number of carbonyl (C=O) groups is 2. The first kappa shape index (κ1) is 21.3. The number of morpholine rings is 1. The standard InChI is InChI=1S/C17H20N4O6S2/c1-3-27-17(23)14-16(28-20-19-14)18-15(22)13-10-12(5-4-11(13)2)29(24,25)21-6-8-26-9-7-21/h4-5,10H,3,6-9H2,1-2H3,(H,18,22). The summed E-state index contributed by atoms with van der Waals surface area (Å²) in [5.41, 5.74) is 0.654. The van der Waals surface area contributed by atoms with Crippen molar-refractivity contribution in [1.29, 1.82) is 0 Å². The van der Waals surface area contributed by atoms with Crippen molar-refractivity contribution in [3.05, 3.63) is 35.0 Å². The molecular formula is C17H20N4O6S2. The first-order valence-electron chi connectivity index (χ1n) is 8.84. The van der Waals surface area contributed by atoms with Crippen LogP contribution in [0.1, 0.15) is 33.3 Å². The number of aryl methyl sites for hydroxylation is 1. The largest absolute Gasteiger partial charge is 0.461 e. The van der Waals surface area contributed by atoms with Crippen LogP contribution >= 0.6 is 11.5 Å². The van der Waals surface area contributed by atoms with Gasteiger partial charge in [0.2, 0.25) is 15.7 Å². The van der Waals surface area contributed by atoms with Crippen molar-refractivity contribution in [2.24, 2.45) is 0 Å². The van der Waals surface area contributed by atoms with Gasteiger partial charge < -0.3 is 14.8 Å². The molecule has 1 aromatic carbocycles. The summed E-state index contributed by atoms with van der Waals surface area (Å²) in [6, 6.07) is 4.36. The molecule has 0 radical (unpaired) electrons. The van der Waals surface area contributed by atoms with E-state index in [1.807, 2.05) is 0 Å². The van der Waals surface area contributed by atoms with Crippen LogP contribution < -0.4 is 5.32 Å². The zero-order valence-corrected chi connectivity index (χ0v) is 17.5. The van der Waals surface area contributed by atoms with Crippen LogP contribution in [0.4, 0.5) is 5.00 Å². The lowest BCUT2D eigenvalue weighted by atomic mass is 10.1. The number of carbonyl (C=O) groups excluding carboxylic acids is 2. The van der Waals surface area contributed by atoms with Crippen molar-refractivity contribution < 1.29 is 27.5 Å². The fourth-order valence-corrected chi connectivity index (χ4v) is 4.71. The van der Waals surface area contributed by atoms with Crippen LogP contribution in [0.25, 0.3) is 0 Å². The number of nitrogens with zero attached hydrogens (tertiary/aromatic N) is 3.